The molecule has 0 aromatic carbocycles. The Balaban J connectivity index is 1.91. The normalized spacial score (nSPS) is 16.4. The maximum absolute atomic E-state index is 11.7. The second-order valence-corrected chi connectivity index (χ2v) is 6.97. The van der Waals surface area contributed by atoms with Gasteiger partial charge in [0, 0.05) is 12.8 Å². The van der Waals surface area contributed by atoms with Crippen LogP contribution in [0, 0.1) is 0 Å². The first-order chi connectivity index (χ1) is 10.8. The zero-order valence-electron chi connectivity index (χ0n) is 13.0. The topological polar surface area (TPSA) is 149 Å². The lowest BCUT2D eigenvalue weighted by atomic mass is 10.3. The van der Waals surface area contributed by atoms with E-state index in [0.717, 1.165) is 0 Å². The van der Waals surface area contributed by atoms with E-state index in [2.05, 4.69) is 15.0 Å². The molecule has 5 N–H and O–H groups in total. The number of hydrogen-bond donors (Lipinski definition) is 3. The first-order valence-electron chi connectivity index (χ1n) is 7.07. The molecule has 0 fully saturated rings. The van der Waals surface area contributed by atoms with E-state index < -0.39 is 7.60 Å². The molecule has 0 aliphatic carbocycles. The summed E-state index contributed by atoms with van der Waals surface area (Å²) in [4.78, 5) is 23.6. The van der Waals surface area contributed by atoms with Gasteiger partial charge in [-0.1, -0.05) is 0 Å². The van der Waals surface area contributed by atoms with Crippen LogP contribution in [0.4, 0.5) is 23.3 Å². The lowest BCUT2D eigenvalue weighted by Gasteiger charge is -2.26. The number of hydrogen-bond acceptors (Lipinski definition) is 9. The largest absolute Gasteiger partial charge is 0.382 e. The third kappa shape index (κ3) is 4.87. The van der Waals surface area contributed by atoms with Gasteiger partial charge < -0.3 is 30.5 Å². The van der Waals surface area contributed by atoms with Crippen molar-refractivity contribution in [1.29, 1.82) is 0 Å². The van der Waals surface area contributed by atoms with E-state index in [1.807, 2.05) is 4.90 Å². The highest BCUT2D eigenvalue weighted by molar-refractivity contribution is 7.52. The molecule has 1 aromatic heterocycles. The highest BCUT2D eigenvalue weighted by Crippen LogP contribution is 2.43. The molecule has 2 rings (SSSR count). The number of nitrogen functional groups attached to an aromatic ring is 2. The summed E-state index contributed by atoms with van der Waals surface area (Å²) in [5.41, 5.74) is 11.8. The third-order valence-corrected chi connectivity index (χ3v) is 4.13. The molecule has 2 heterocycles. The highest BCUT2D eigenvalue weighted by Gasteiger charge is 2.23. The molecule has 1 aliphatic heterocycles. The first kappa shape index (κ1) is 17.6. The van der Waals surface area contributed by atoms with Crippen molar-refractivity contribution in [2.45, 2.75) is 20.0 Å². The van der Waals surface area contributed by atoms with Crippen LogP contribution in [0.5, 0.6) is 0 Å². The van der Waals surface area contributed by atoms with Gasteiger partial charge in [0.05, 0.1) is 19.3 Å². The number of aliphatic imine (C=N–C) groups is 1. The monoisotopic (exact) mass is 344 g/mol. The Bertz CT molecular complexity index is 638. The van der Waals surface area contributed by atoms with Crippen LogP contribution >= 0.6 is 7.60 Å². The molecule has 0 amide bonds. The van der Waals surface area contributed by atoms with E-state index in [1.165, 1.54) is 0 Å². The van der Waals surface area contributed by atoms with Crippen LogP contribution in [-0.4, -0.2) is 53.2 Å². The Morgan fingerprint density at radius 1 is 1.43 bits per heavy atom. The molecule has 23 heavy (non-hydrogen) atoms. The highest BCUT2D eigenvalue weighted by atomic mass is 31.2. The fraction of sp³-hybridized carbons (Fsp3) is 0.583. The van der Waals surface area contributed by atoms with Crippen LogP contribution < -0.4 is 16.4 Å². The second-order valence-electron chi connectivity index (χ2n) is 5.23. The van der Waals surface area contributed by atoms with Gasteiger partial charge in [-0.25, -0.2) is 0 Å². The number of ether oxygens (including phenoxy) is 1. The smallest absolute Gasteiger partial charge is 0.353 e. The summed E-state index contributed by atoms with van der Waals surface area (Å²) in [5, 5.41) is 0. The zero-order valence-corrected chi connectivity index (χ0v) is 13.9. The van der Waals surface area contributed by atoms with Gasteiger partial charge in [-0.05, 0) is 13.8 Å². The predicted molar refractivity (Wildman–Crippen MR) is 88.1 cm³/mol. The Morgan fingerprint density at radius 2 is 2.17 bits per heavy atom. The summed E-state index contributed by atoms with van der Waals surface area (Å²) in [6, 6.07) is 0. The first-order valence-corrected chi connectivity index (χ1v) is 8.83. The van der Waals surface area contributed by atoms with Gasteiger partial charge in [-0.2, -0.15) is 9.97 Å². The molecule has 1 atom stereocenters. The molecule has 0 spiro atoms. The standard InChI is InChI=1S/C12H21N6O4P/c1-8(2)22-23(19,20)7-21-6-5-18-4-3-15-9-10(13)16-12(14)17-11(9)18/h3,8H,4-7H2,1-2H3,(H,19,20)(H4,13,14,16,17). The number of nitrogens with two attached hydrogens (primary N) is 2. The Kier molecular flexibility index (Phi) is 5.53. The summed E-state index contributed by atoms with van der Waals surface area (Å²) in [5.74, 6) is 0.792. The van der Waals surface area contributed by atoms with E-state index in [4.69, 9.17) is 20.7 Å². The Hall–Kier alpha value is -1.74. The minimum absolute atomic E-state index is 0.0643. The van der Waals surface area contributed by atoms with Gasteiger partial charge >= 0.3 is 7.60 Å². The molecular formula is C12H21N6O4P. The van der Waals surface area contributed by atoms with Crippen LogP contribution in [-0.2, 0) is 13.8 Å². The number of anilines is 3. The van der Waals surface area contributed by atoms with E-state index in [1.54, 1.807) is 20.1 Å². The minimum atomic E-state index is -3.73. The number of aromatic nitrogens is 2. The van der Waals surface area contributed by atoms with Gasteiger partial charge in [0.15, 0.2) is 11.6 Å². The minimum Gasteiger partial charge on any atom is -0.382 e. The van der Waals surface area contributed by atoms with E-state index in [9.17, 15) is 9.46 Å². The van der Waals surface area contributed by atoms with Gasteiger partial charge in [-0.3, -0.25) is 9.56 Å². The van der Waals surface area contributed by atoms with Crippen molar-refractivity contribution < 1.29 is 18.7 Å². The molecule has 0 saturated heterocycles. The van der Waals surface area contributed by atoms with E-state index in [-0.39, 0.29) is 30.8 Å². The van der Waals surface area contributed by atoms with Crippen molar-refractivity contribution in [3.8, 4) is 0 Å². The van der Waals surface area contributed by atoms with Crippen LogP contribution in [0.3, 0.4) is 0 Å². The molecule has 1 aliphatic rings. The molecule has 1 aromatic rings. The number of nitrogens with zero attached hydrogens (tertiary/aromatic N) is 4. The third-order valence-electron chi connectivity index (χ3n) is 2.87. The van der Waals surface area contributed by atoms with Crippen molar-refractivity contribution in [1.82, 2.24) is 9.97 Å². The maximum atomic E-state index is 11.7. The fourth-order valence-electron chi connectivity index (χ4n) is 2.05. The summed E-state index contributed by atoms with van der Waals surface area (Å²) in [7, 11) is -3.73. The van der Waals surface area contributed by atoms with Gasteiger partial charge in [0.25, 0.3) is 0 Å². The molecule has 11 heteroatoms. The summed E-state index contributed by atoms with van der Waals surface area (Å²) >= 11 is 0. The molecule has 128 valence electrons. The van der Waals surface area contributed by atoms with Crippen molar-refractivity contribution in [3.63, 3.8) is 0 Å². The van der Waals surface area contributed by atoms with Crippen LogP contribution in [0.1, 0.15) is 13.8 Å². The van der Waals surface area contributed by atoms with Crippen molar-refractivity contribution >= 4 is 37.1 Å². The van der Waals surface area contributed by atoms with Gasteiger partial charge in [0.2, 0.25) is 5.95 Å². The zero-order chi connectivity index (χ0) is 17.0. The molecule has 0 bridgehead atoms. The molecular weight excluding hydrogens is 323 g/mol. The molecule has 1 unspecified atom stereocenters. The van der Waals surface area contributed by atoms with Crippen LogP contribution in [0.25, 0.3) is 0 Å². The van der Waals surface area contributed by atoms with Crippen LogP contribution in [0.2, 0.25) is 0 Å². The maximum Gasteiger partial charge on any atom is 0.353 e. The van der Waals surface area contributed by atoms with E-state index in [0.29, 0.717) is 24.6 Å². The fourth-order valence-corrected chi connectivity index (χ4v) is 3.13. The SMILES string of the molecule is CC(C)OP(=O)(O)COCCN1CC=Nc2c(N)nc(N)nc21. The number of fused-ring (bicyclic) bond motifs is 1. The molecule has 0 radical (unpaired) electrons. The van der Waals surface area contributed by atoms with Crippen molar-refractivity contribution in [2.24, 2.45) is 4.99 Å². The number of rotatable bonds is 7. The summed E-state index contributed by atoms with van der Waals surface area (Å²) in [6.07, 6.45) is 0.965. The van der Waals surface area contributed by atoms with Gasteiger partial charge in [-0.15, -0.1) is 0 Å². The Labute approximate surface area is 134 Å². The summed E-state index contributed by atoms with van der Waals surface area (Å²) in [6.45, 7) is 4.51. The molecule has 0 saturated carbocycles. The predicted octanol–water partition coefficient (Wildman–Crippen LogP) is 0.748. The Morgan fingerprint density at radius 3 is 2.87 bits per heavy atom. The lowest BCUT2D eigenvalue weighted by Crippen LogP contribution is -2.32. The molecule has 10 nitrogen and oxygen atoms in total. The average molecular weight is 344 g/mol. The lowest BCUT2D eigenvalue weighted by molar-refractivity contribution is 0.135. The van der Waals surface area contributed by atoms with Crippen LogP contribution in [0.15, 0.2) is 4.99 Å². The van der Waals surface area contributed by atoms with Crippen molar-refractivity contribution in [3.05, 3.63) is 0 Å². The van der Waals surface area contributed by atoms with Gasteiger partial charge in [0.1, 0.15) is 12.0 Å². The quantitative estimate of drug-likeness (QED) is 0.481. The second kappa shape index (κ2) is 7.22. The van der Waals surface area contributed by atoms with Crippen molar-refractivity contribution in [2.75, 3.05) is 42.4 Å². The summed E-state index contributed by atoms with van der Waals surface area (Å²) < 4.78 is 21.8. The van der Waals surface area contributed by atoms with E-state index >= 15 is 0 Å². The average Bonchev–Trinajstić information content (AvgIpc) is 2.42.